The lowest BCUT2D eigenvalue weighted by Gasteiger charge is -2.26. The van der Waals surface area contributed by atoms with Crippen LogP contribution < -0.4 is 5.32 Å². The van der Waals surface area contributed by atoms with Crippen molar-refractivity contribution in [1.82, 2.24) is 4.90 Å². The molecule has 5 rings (SSSR count). The molecule has 0 aliphatic carbocycles. The number of rotatable bonds is 7. The van der Waals surface area contributed by atoms with E-state index in [1.165, 1.54) is 11.1 Å². The molecule has 1 aliphatic heterocycles. The lowest BCUT2D eigenvalue weighted by atomic mass is 10.1. The number of amides is 2. The number of furan rings is 1. The quantitative estimate of drug-likeness (QED) is 0.340. The fraction of sp³-hybridized carbons (Fsp3) is 0.226. The molecule has 5 heteroatoms. The molecule has 0 fully saturated rings. The Morgan fingerprint density at radius 1 is 0.917 bits per heavy atom. The maximum Gasteiger partial charge on any atom is 0.255 e. The number of aryl methyl sites for hydroxylation is 2. The Balaban J connectivity index is 1.20. The molecule has 0 bridgehead atoms. The van der Waals surface area contributed by atoms with Crippen LogP contribution in [0.15, 0.2) is 89.3 Å². The van der Waals surface area contributed by atoms with Gasteiger partial charge in [0.05, 0.1) is 0 Å². The first-order valence-corrected chi connectivity index (χ1v) is 12.5. The van der Waals surface area contributed by atoms with Crippen LogP contribution in [0.1, 0.15) is 46.2 Å². The molecule has 0 spiro atoms. The van der Waals surface area contributed by atoms with Crippen molar-refractivity contribution in [2.75, 3.05) is 11.9 Å². The molecule has 1 N–H and O–H groups in total. The highest BCUT2D eigenvalue weighted by molar-refractivity contribution is 6.04. The van der Waals surface area contributed by atoms with Crippen LogP contribution in [0.2, 0.25) is 0 Å². The number of nitrogens with zero attached hydrogens (tertiary/aromatic N) is 1. The van der Waals surface area contributed by atoms with Crippen molar-refractivity contribution in [3.63, 3.8) is 0 Å². The number of anilines is 1. The summed E-state index contributed by atoms with van der Waals surface area (Å²) in [5, 5.41) is 2.95. The first kappa shape index (κ1) is 23.6. The summed E-state index contributed by atoms with van der Waals surface area (Å²) in [5.41, 5.74) is 5.77. The number of fused-ring (bicyclic) bond motifs is 1. The Bertz CT molecular complexity index is 1340. The molecule has 182 valence electrons. The average molecular weight is 479 g/mol. The van der Waals surface area contributed by atoms with Crippen LogP contribution in [-0.4, -0.2) is 23.3 Å². The Morgan fingerprint density at radius 3 is 2.39 bits per heavy atom. The van der Waals surface area contributed by atoms with Gasteiger partial charge in [0.1, 0.15) is 11.5 Å². The van der Waals surface area contributed by atoms with E-state index in [1.807, 2.05) is 77.7 Å². The molecule has 0 unspecified atom stereocenters. The minimum absolute atomic E-state index is 0.129. The van der Waals surface area contributed by atoms with Gasteiger partial charge in [-0.1, -0.05) is 49.4 Å². The molecule has 2 heterocycles. The topological polar surface area (TPSA) is 62.6 Å². The standard InChI is InChI=1S/C31H30N2O3/c1-2-22-8-11-25(12-9-22)31(35)32-27-15-13-24(14-16-27)29-20-26-21-33(19-18-28(26)36-29)30(34)17-10-23-6-4-3-5-7-23/h3-9,11-16,20H,2,10,17-19,21H2,1H3,(H,32,35). The molecule has 5 nitrogen and oxygen atoms in total. The van der Waals surface area contributed by atoms with Crippen LogP contribution in [0, 0.1) is 0 Å². The monoisotopic (exact) mass is 478 g/mol. The highest BCUT2D eigenvalue weighted by atomic mass is 16.3. The summed E-state index contributed by atoms with van der Waals surface area (Å²) < 4.78 is 6.14. The predicted octanol–water partition coefficient (Wildman–Crippen LogP) is 6.28. The first-order chi connectivity index (χ1) is 17.6. The summed E-state index contributed by atoms with van der Waals surface area (Å²) in [6.45, 7) is 3.35. The molecule has 0 radical (unpaired) electrons. The van der Waals surface area contributed by atoms with Gasteiger partial charge in [0.15, 0.2) is 0 Å². The Kier molecular flexibility index (Phi) is 6.99. The maximum absolute atomic E-state index is 12.8. The molecular formula is C31H30N2O3. The molecule has 3 aromatic carbocycles. The van der Waals surface area contributed by atoms with Crippen molar-refractivity contribution >= 4 is 17.5 Å². The van der Waals surface area contributed by atoms with Gasteiger partial charge in [-0.05, 0) is 66.4 Å². The Labute approximate surface area is 211 Å². The minimum atomic E-state index is -0.129. The van der Waals surface area contributed by atoms with E-state index in [0.717, 1.165) is 47.6 Å². The summed E-state index contributed by atoms with van der Waals surface area (Å²) in [6, 6.07) is 27.5. The summed E-state index contributed by atoms with van der Waals surface area (Å²) in [7, 11) is 0. The minimum Gasteiger partial charge on any atom is -0.461 e. The fourth-order valence-corrected chi connectivity index (χ4v) is 4.56. The number of hydrogen-bond donors (Lipinski definition) is 1. The fourth-order valence-electron chi connectivity index (χ4n) is 4.56. The maximum atomic E-state index is 12.8. The van der Waals surface area contributed by atoms with Crippen molar-refractivity contribution in [2.45, 2.75) is 39.2 Å². The van der Waals surface area contributed by atoms with E-state index in [0.29, 0.717) is 25.1 Å². The smallest absolute Gasteiger partial charge is 0.255 e. The van der Waals surface area contributed by atoms with Gasteiger partial charge in [0.25, 0.3) is 5.91 Å². The predicted molar refractivity (Wildman–Crippen MR) is 142 cm³/mol. The first-order valence-electron chi connectivity index (χ1n) is 12.5. The highest BCUT2D eigenvalue weighted by Crippen LogP contribution is 2.30. The molecule has 36 heavy (non-hydrogen) atoms. The van der Waals surface area contributed by atoms with E-state index in [-0.39, 0.29) is 11.8 Å². The van der Waals surface area contributed by atoms with Gasteiger partial charge in [-0.3, -0.25) is 9.59 Å². The van der Waals surface area contributed by atoms with Gasteiger partial charge in [-0.2, -0.15) is 0 Å². The third kappa shape index (κ3) is 5.41. The van der Waals surface area contributed by atoms with Gasteiger partial charge in [0.2, 0.25) is 5.91 Å². The van der Waals surface area contributed by atoms with E-state index in [4.69, 9.17) is 4.42 Å². The summed E-state index contributed by atoms with van der Waals surface area (Å²) in [5.74, 6) is 1.78. The molecule has 1 aromatic heterocycles. The van der Waals surface area contributed by atoms with Crippen molar-refractivity contribution in [3.8, 4) is 11.3 Å². The van der Waals surface area contributed by atoms with E-state index < -0.39 is 0 Å². The van der Waals surface area contributed by atoms with Crippen molar-refractivity contribution in [1.29, 1.82) is 0 Å². The van der Waals surface area contributed by atoms with Crippen LogP contribution in [0.5, 0.6) is 0 Å². The van der Waals surface area contributed by atoms with Crippen LogP contribution >= 0.6 is 0 Å². The lowest BCUT2D eigenvalue weighted by molar-refractivity contribution is -0.132. The second kappa shape index (κ2) is 10.6. The summed E-state index contributed by atoms with van der Waals surface area (Å²) in [6.07, 6.45) is 2.94. The third-order valence-corrected chi connectivity index (χ3v) is 6.74. The van der Waals surface area contributed by atoms with Gasteiger partial charge in [-0.25, -0.2) is 0 Å². The molecule has 0 atom stereocenters. The number of nitrogens with one attached hydrogen (secondary N) is 1. The van der Waals surface area contributed by atoms with Crippen LogP contribution in [-0.2, 0) is 30.6 Å². The number of carbonyl (C=O) groups is 2. The van der Waals surface area contributed by atoms with Crippen molar-refractivity contribution < 1.29 is 14.0 Å². The van der Waals surface area contributed by atoms with Crippen LogP contribution in [0.4, 0.5) is 5.69 Å². The Hall–Kier alpha value is -4.12. The third-order valence-electron chi connectivity index (χ3n) is 6.74. The van der Waals surface area contributed by atoms with Crippen molar-refractivity contribution in [2.24, 2.45) is 0 Å². The van der Waals surface area contributed by atoms with Gasteiger partial charge in [-0.15, -0.1) is 0 Å². The number of hydrogen-bond acceptors (Lipinski definition) is 3. The molecular weight excluding hydrogens is 448 g/mol. The number of carbonyl (C=O) groups excluding carboxylic acids is 2. The highest BCUT2D eigenvalue weighted by Gasteiger charge is 2.24. The molecule has 1 aliphatic rings. The second-order valence-corrected chi connectivity index (χ2v) is 9.19. The average Bonchev–Trinajstić information content (AvgIpc) is 3.36. The van der Waals surface area contributed by atoms with E-state index >= 15 is 0 Å². The van der Waals surface area contributed by atoms with E-state index in [2.05, 4.69) is 24.4 Å². The van der Waals surface area contributed by atoms with Crippen molar-refractivity contribution in [3.05, 3.63) is 113 Å². The second-order valence-electron chi connectivity index (χ2n) is 9.19. The zero-order chi connectivity index (χ0) is 24.9. The molecule has 0 saturated carbocycles. The molecule has 0 saturated heterocycles. The molecule has 2 amide bonds. The SMILES string of the molecule is CCc1ccc(C(=O)Nc2ccc(-c3cc4c(o3)CCN(C(=O)CCc3ccccc3)C4)cc2)cc1. The van der Waals surface area contributed by atoms with Gasteiger partial charge < -0.3 is 14.6 Å². The Morgan fingerprint density at radius 2 is 1.67 bits per heavy atom. The van der Waals surface area contributed by atoms with E-state index in [9.17, 15) is 9.59 Å². The van der Waals surface area contributed by atoms with Crippen LogP contribution in [0.3, 0.4) is 0 Å². The van der Waals surface area contributed by atoms with E-state index in [1.54, 1.807) is 0 Å². The normalized spacial score (nSPS) is 12.8. The zero-order valence-electron chi connectivity index (χ0n) is 20.5. The van der Waals surface area contributed by atoms with Gasteiger partial charge >= 0.3 is 0 Å². The molecule has 4 aromatic rings. The zero-order valence-corrected chi connectivity index (χ0v) is 20.5. The largest absolute Gasteiger partial charge is 0.461 e. The summed E-state index contributed by atoms with van der Waals surface area (Å²) >= 11 is 0. The van der Waals surface area contributed by atoms with Crippen LogP contribution in [0.25, 0.3) is 11.3 Å². The number of benzene rings is 3. The van der Waals surface area contributed by atoms with Gasteiger partial charge in [0, 0.05) is 48.3 Å². The lowest BCUT2D eigenvalue weighted by Crippen LogP contribution is -2.35. The summed E-state index contributed by atoms with van der Waals surface area (Å²) in [4.78, 5) is 27.3.